The molecule has 0 spiro atoms. The normalized spacial score (nSPS) is 16.0. The summed E-state index contributed by atoms with van der Waals surface area (Å²) in [5.41, 5.74) is -0.145. The maximum atomic E-state index is 13.0. The second-order valence-corrected chi connectivity index (χ2v) is 24.3. The Hall–Kier alpha value is -8.24. The van der Waals surface area contributed by atoms with E-state index in [1.54, 1.807) is 35.7 Å². The lowest BCUT2D eigenvalue weighted by atomic mass is 10.1. The van der Waals surface area contributed by atoms with Gasteiger partial charge in [-0.3, -0.25) is 14.7 Å². The van der Waals surface area contributed by atoms with Crippen LogP contribution in [-0.4, -0.2) is 138 Å². The largest absolute Gasteiger partial charge is 0.508 e. The van der Waals surface area contributed by atoms with Crippen LogP contribution in [0.15, 0.2) is 109 Å². The number of nitrogens with zero attached hydrogens (tertiary/aromatic N) is 12. The van der Waals surface area contributed by atoms with Crippen molar-refractivity contribution in [2.24, 2.45) is 0 Å². The molecule has 0 aliphatic carbocycles. The number of halogens is 9. The molecule has 9 aromatic rings. The zero-order valence-electron chi connectivity index (χ0n) is 48.1. The fourth-order valence-electron chi connectivity index (χ4n) is 9.98. The van der Waals surface area contributed by atoms with Crippen LogP contribution in [0.1, 0.15) is 64.2 Å². The first-order chi connectivity index (χ1) is 43.5. The third-order valence-electron chi connectivity index (χ3n) is 14.3. The van der Waals surface area contributed by atoms with Crippen LogP contribution >= 0.6 is 34.0 Å². The third-order valence-corrected chi connectivity index (χ3v) is 17.2. The smallest absolute Gasteiger partial charge is 0.416 e. The van der Waals surface area contributed by atoms with Crippen molar-refractivity contribution in [3.8, 4) is 49.4 Å². The number of aliphatic hydroxyl groups excluding tert-OH is 1. The molecule has 8 N–H and O–H groups in total. The summed E-state index contributed by atoms with van der Waals surface area (Å²) in [5, 5.41) is 53.8. The first kappa shape index (κ1) is 65.7. The molecule has 0 amide bonds. The number of aliphatic hydroxyl groups is 1. The Morgan fingerprint density at radius 3 is 1.38 bits per heavy atom. The topological polar surface area (TPSA) is 255 Å². The van der Waals surface area contributed by atoms with E-state index in [1.165, 1.54) is 78.7 Å². The number of piperidine rings is 1. The molecule has 0 saturated carbocycles. The molecule has 3 saturated heterocycles. The van der Waals surface area contributed by atoms with Crippen molar-refractivity contribution in [2.75, 3.05) is 68.4 Å². The quantitative estimate of drug-likeness (QED) is 0.0419. The molecular weight excluding hydrogens is 1260 g/mol. The van der Waals surface area contributed by atoms with Gasteiger partial charge in [0.25, 0.3) is 0 Å². The average Bonchev–Trinajstić information content (AvgIpc) is 1.97. The van der Waals surface area contributed by atoms with E-state index in [4.69, 9.17) is 0 Å². The molecular formula is C59H59F9N16O4S3. The summed E-state index contributed by atoms with van der Waals surface area (Å²) in [6, 6.07) is 13.4. The van der Waals surface area contributed by atoms with Crippen molar-refractivity contribution in [2.45, 2.75) is 76.3 Å². The standard InChI is InChI=1S/C20H20F3N5O2S.C20H20F3N5OS.C19H19F3N6OS/c21-20(22,23)12-6-13(8-15(30)7-12)26-19-24-4-3-17(27-19)18-25-9-16(31-18)10-28-5-1-2-14(28)11-29;21-20(22,23)13-8-14(10-15(29)9-13)26-19-24-5-4-17(27-19)18-25-11-16(30-18)12-28-6-2-1-3-7-28;20-19(21,22)12-7-13(9-15(29)8-12)26-18-24-2-1-16(27-18)17-25-14(11-30-17)10-28-5-3-23-4-6-28/h3-4,6-9,14,29-30H,1-2,5,10-11H2,(H,24,26,27);4-5,8-11,29H,1-3,6-7,12H2,(H,24,26,27);1-2,7-9,11,23,29H,3-6,10H2,(H,24,26,27)/t14-;;/m0../s1. The van der Waals surface area contributed by atoms with Crippen LogP contribution < -0.4 is 21.3 Å². The van der Waals surface area contributed by atoms with Crippen molar-refractivity contribution in [3.05, 3.63) is 141 Å². The zero-order chi connectivity index (χ0) is 64.3. The molecule has 20 nitrogen and oxygen atoms in total. The van der Waals surface area contributed by atoms with Gasteiger partial charge in [-0.25, -0.2) is 44.9 Å². The number of piperazine rings is 1. The fourth-order valence-corrected chi connectivity index (χ4v) is 12.6. The molecule has 3 fully saturated rings. The van der Waals surface area contributed by atoms with Crippen molar-refractivity contribution >= 4 is 68.9 Å². The lowest BCUT2D eigenvalue weighted by Gasteiger charge is -2.26. The van der Waals surface area contributed by atoms with E-state index in [0.717, 1.165) is 110 Å². The first-order valence-electron chi connectivity index (χ1n) is 28.4. The van der Waals surface area contributed by atoms with Gasteiger partial charge in [0.2, 0.25) is 17.8 Å². The van der Waals surface area contributed by atoms with Gasteiger partial charge >= 0.3 is 18.5 Å². The van der Waals surface area contributed by atoms with Gasteiger partial charge in [0.15, 0.2) is 0 Å². The maximum Gasteiger partial charge on any atom is 0.416 e. The Balaban J connectivity index is 0.000000150. The summed E-state index contributed by atoms with van der Waals surface area (Å²) >= 11 is 4.46. The SMILES string of the molecule is OC[C@@H]1CCCN1Cc1cnc(-c2ccnc(Nc3cc(O)cc(C(F)(F)F)c3)n2)s1.Oc1cc(Nc2nccc(-c3nc(CN4CCNCC4)cs3)n2)cc(C(F)(F)F)c1.Oc1cc(Nc2nccc(-c3ncc(CN4CCCCC4)s3)n2)cc(C(F)(F)F)c1. The van der Waals surface area contributed by atoms with Crippen LogP contribution in [0.5, 0.6) is 17.2 Å². The number of likely N-dealkylation sites (tertiary alicyclic amines) is 2. The summed E-state index contributed by atoms with van der Waals surface area (Å²) in [7, 11) is 0. The minimum Gasteiger partial charge on any atom is -0.508 e. The summed E-state index contributed by atoms with van der Waals surface area (Å²) in [6.07, 6.45) is 0.169. The van der Waals surface area contributed by atoms with Gasteiger partial charge in [0.1, 0.15) is 49.4 Å². The number of alkyl halides is 9. The van der Waals surface area contributed by atoms with E-state index in [9.17, 15) is 59.9 Å². The number of phenols is 3. The molecule has 12 rings (SSSR count). The summed E-state index contributed by atoms with van der Waals surface area (Å²) < 4.78 is 117. The van der Waals surface area contributed by atoms with Crippen LogP contribution in [0.2, 0.25) is 0 Å². The maximum absolute atomic E-state index is 13.0. The molecule has 3 aromatic carbocycles. The lowest BCUT2D eigenvalue weighted by Crippen LogP contribution is -2.42. The van der Waals surface area contributed by atoms with Crippen LogP contribution in [0.4, 0.5) is 74.4 Å². The van der Waals surface area contributed by atoms with Crippen molar-refractivity contribution in [1.82, 2.24) is 64.9 Å². The number of anilines is 6. The first-order valence-corrected chi connectivity index (χ1v) is 31.0. The molecule has 6 aromatic heterocycles. The number of nitrogens with one attached hydrogen (secondary N) is 4. The summed E-state index contributed by atoms with van der Waals surface area (Å²) in [4.78, 5) is 47.9. The van der Waals surface area contributed by atoms with E-state index < -0.39 is 52.5 Å². The van der Waals surface area contributed by atoms with Gasteiger partial charge in [0.05, 0.1) is 29.0 Å². The Bertz CT molecular complexity index is 3720. The Morgan fingerprint density at radius 1 is 0.495 bits per heavy atom. The van der Waals surface area contributed by atoms with Crippen LogP contribution in [0, 0.1) is 0 Å². The molecule has 480 valence electrons. The number of aromatic hydroxyl groups is 3. The van der Waals surface area contributed by atoms with Gasteiger partial charge < -0.3 is 41.7 Å². The molecule has 1 atom stereocenters. The predicted molar refractivity (Wildman–Crippen MR) is 326 cm³/mol. The minimum absolute atomic E-state index is 0.0216. The van der Waals surface area contributed by atoms with Gasteiger partial charge in [-0.15, -0.1) is 34.0 Å². The van der Waals surface area contributed by atoms with Crippen molar-refractivity contribution in [1.29, 1.82) is 0 Å². The van der Waals surface area contributed by atoms with E-state index in [0.29, 0.717) is 51.8 Å². The average molecular weight is 1320 g/mol. The number of rotatable bonds is 16. The van der Waals surface area contributed by atoms with Crippen LogP contribution in [-0.2, 0) is 38.2 Å². The number of hydrogen-bond acceptors (Lipinski definition) is 23. The Morgan fingerprint density at radius 2 is 0.934 bits per heavy atom. The number of benzene rings is 3. The minimum atomic E-state index is -4.58. The Kier molecular flexibility index (Phi) is 21.2. The summed E-state index contributed by atoms with van der Waals surface area (Å²) in [6.45, 7) is 9.44. The second kappa shape index (κ2) is 29.4. The highest BCUT2D eigenvalue weighted by atomic mass is 32.1. The molecule has 3 aliphatic heterocycles. The van der Waals surface area contributed by atoms with E-state index in [2.05, 4.69) is 80.8 Å². The van der Waals surface area contributed by atoms with E-state index in [-0.39, 0.29) is 47.6 Å². The molecule has 3 aliphatic rings. The van der Waals surface area contributed by atoms with Crippen molar-refractivity contribution in [3.63, 3.8) is 0 Å². The van der Waals surface area contributed by atoms with E-state index >= 15 is 0 Å². The predicted octanol–water partition coefficient (Wildman–Crippen LogP) is 12.6. The monoisotopic (exact) mass is 1320 g/mol. The highest BCUT2D eigenvalue weighted by Crippen LogP contribution is 2.38. The summed E-state index contributed by atoms with van der Waals surface area (Å²) in [5.74, 6) is -1.18. The Labute approximate surface area is 526 Å². The molecule has 0 radical (unpaired) electrons. The van der Waals surface area contributed by atoms with Gasteiger partial charge in [-0.05, 0) is 99.9 Å². The van der Waals surface area contributed by atoms with Crippen molar-refractivity contribution < 1.29 is 59.9 Å². The van der Waals surface area contributed by atoms with Crippen LogP contribution in [0.3, 0.4) is 0 Å². The fraction of sp³-hybridized carbons (Fsp3) is 0.339. The highest BCUT2D eigenvalue weighted by Gasteiger charge is 2.34. The number of phenolic OH excluding ortho intramolecular Hbond substituents is 3. The zero-order valence-corrected chi connectivity index (χ0v) is 50.5. The van der Waals surface area contributed by atoms with Gasteiger partial charge in [-0.1, -0.05) is 6.42 Å². The number of hydrogen-bond donors (Lipinski definition) is 8. The van der Waals surface area contributed by atoms with Gasteiger partial charge in [-0.2, -0.15) is 39.5 Å². The molecule has 0 unspecified atom stereocenters. The third kappa shape index (κ3) is 18.7. The number of thiazole rings is 3. The molecule has 0 bridgehead atoms. The van der Waals surface area contributed by atoms with E-state index in [1.807, 2.05) is 11.6 Å². The van der Waals surface area contributed by atoms with Gasteiger partial charge in [0, 0.05) is 133 Å². The molecule has 91 heavy (non-hydrogen) atoms. The molecule has 32 heteroatoms. The molecule has 9 heterocycles. The number of aromatic nitrogens is 9. The second-order valence-electron chi connectivity index (χ2n) is 21.2. The lowest BCUT2D eigenvalue weighted by molar-refractivity contribution is -0.138. The highest BCUT2D eigenvalue weighted by molar-refractivity contribution is 7.15. The van der Waals surface area contributed by atoms with Crippen LogP contribution in [0.25, 0.3) is 32.1 Å².